The summed E-state index contributed by atoms with van der Waals surface area (Å²) in [6.07, 6.45) is 0.679. The highest BCUT2D eigenvalue weighted by molar-refractivity contribution is 5.93. The number of aromatic amines is 1. The van der Waals surface area contributed by atoms with Crippen LogP contribution in [0.4, 0.5) is 23.1 Å². The highest BCUT2D eigenvalue weighted by Crippen LogP contribution is 2.25. The Morgan fingerprint density at radius 3 is 2.32 bits per heavy atom. The van der Waals surface area contributed by atoms with Gasteiger partial charge in [0.05, 0.1) is 6.04 Å². The largest absolute Gasteiger partial charge is 0.481 e. The third kappa shape index (κ3) is 7.22. The lowest BCUT2D eigenvalue weighted by atomic mass is 10.1. The number of benzene rings is 1. The maximum absolute atomic E-state index is 12.1. The smallest absolute Gasteiger partial charge is 0.303 e. The number of primary amides is 1. The fourth-order valence-corrected chi connectivity index (χ4v) is 3.03. The van der Waals surface area contributed by atoms with Gasteiger partial charge < -0.3 is 37.2 Å². The summed E-state index contributed by atoms with van der Waals surface area (Å²) in [5, 5.41) is 22.2. The van der Waals surface area contributed by atoms with E-state index in [2.05, 4.69) is 20.6 Å². The first-order valence-corrected chi connectivity index (χ1v) is 10.1. The van der Waals surface area contributed by atoms with Gasteiger partial charge in [0.2, 0.25) is 18.3 Å². The first-order chi connectivity index (χ1) is 16.1. The van der Waals surface area contributed by atoms with Crippen LogP contribution in [0, 0.1) is 0 Å². The summed E-state index contributed by atoms with van der Waals surface area (Å²) in [6.45, 7) is 0.777. The van der Waals surface area contributed by atoms with Gasteiger partial charge in [0.1, 0.15) is 0 Å². The molecule has 14 nitrogen and oxygen atoms in total. The van der Waals surface area contributed by atoms with Crippen molar-refractivity contribution in [3.63, 3.8) is 0 Å². The van der Waals surface area contributed by atoms with E-state index in [1.807, 2.05) is 0 Å². The Kier molecular flexibility index (Phi) is 8.93. The Morgan fingerprint density at radius 1 is 1.18 bits per heavy atom. The number of aliphatic carboxylic acids is 2. The molecule has 2 heterocycles. The van der Waals surface area contributed by atoms with Crippen molar-refractivity contribution >= 4 is 47.4 Å². The van der Waals surface area contributed by atoms with Crippen molar-refractivity contribution in [1.29, 1.82) is 0 Å². The van der Waals surface area contributed by atoms with Crippen LogP contribution >= 0.6 is 0 Å². The van der Waals surface area contributed by atoms with Crippen molar-refractivity contribution in [2.45, 2.75) is 25.3 Å². The molecule has 0 spiro atoms. The number of nitrogen functional groups attached to an aromatic ring is 1. The second-order valence-corrected chi connectivity index (χ2v) is 7.16. The second-order valence-electron chi connectivity index (χ2n) is 7.16. The Labute approximate surface area is 193 Å². The summed E-state index contributed by atoms with van der Waals surface area (Å²) in [4.78, 5) is 62.0. The van der Waals surface area contributed by atoms with E-state index in [9.17, 15) is 24.0 Å². The summed E-state index contributed by atoms with van der Waals surface area (Å²) < 4.78 is 0. The van der Waals surface area contributed by atoms with E-state index in [0.717, 1.165) is 5.69 Å². The van der Waals surface area contributed by atoms with Gasteiger partial charge in [0.15, 0.2) is 11.5 Å². The van der Waals surface area contributed by atoms with E-state index in [-0.39, 0.29) is 42.8 Å². The first kappa shape index (κ1) is 25.6. The van der Waals surface area contributed by atoms with Crippen LogP contribution in [-0.4, -0.2) is 63.6 Å². The molecule has 14 heteroatoms. The molecule has 9 N–H and O–H groups in total. The third-order valence-corrected chi connectivity index (χ3v) is 4.68. The number of rotatable bonds is 9. The van der Waals surface area contributed by atoms with Crippen LogP contribution < -0.4 is 32.6 Å². The fourth-order valence-electron chi connectivity index (χ4n) is 3.03. The SMILES string of the molecule is NC(=O)c1ccc(NCC2CNc3nc(N)[nH]c(=O)c3N2C=O)cc1.O=C(O)CCCC(=O)O. The fraction of sp³-hybridized carbons (Fsp3) is 0.300. The van der Waals surface area contributed by atoms with Crippen LogP contribution in [0.25, 0.3) is 0 Å². The number of hydrogen-bond acceptors (Lipinski definition) is 9. The second kappa shape index (κ2) is 11.8. The number of nitrogens with zero attached hydrogens (tertiary/aromatic N) is 2. The van der Waals surface area contributed by atoms with Crippen molar-refractivity contribution in [3.05, 3.63) is 40.2 Å². The number of nitrogens with one attached hydrogen (secondary N) is 3. The van der Waals surface area contributed by atoms with Gasteiger partial charge in [-0.25, -0.2) is 0 Å². The maximum atomic E-state index is 12.1. The normalized spacial score (nSPS) is 14.0. The van der Waals surface area contributed by atoms with E-state index < -0.39 is 23.4 Å². The zero-order valence-corrected chi connectivity index (χ0v) is 18.0. The number of nitrogens with two attached hydrogens (primary N) is 2. The monoisotopic (exact) mass is 475 g/mol. The minimum absolute atomic E-state index is 0.0202. The van der Waals surface area contributed by atoms with Gasteiger partial charge in [-0.15, -0.1) is 0 Å². The number of hydrogen-bond donors (Lipinski definition) is 7. The van der Waals surface area contributed by atoms with Crippen LogP contribution in [0.2, 0.25) is 0 Å². The molecule has 0 radical (unpaired) electrons. The highest BCUT2D eigenvalue weighted by Gasteiger charge is 2.29. The zero-order chi connectivity index (χ0) is 25.3. The lowest BCUT2D eigenvalue weighted by Crippen LogP contribution is -2.50. The van der Waals surface area contributed by atoms with Crippen LogP contribution in [0.15, 0.2) is 29.1 Å². The highest BCUT2D eigenvalue weighted by atomic mass is 16.4. The molecular formula is C20H25N7O7. The summed E-state index contributed by atoms with van der Waals surface area (Å²) in [6, 6.07) is 6.32. The van der Waals surface area contributed by atoms with Gasteiger partial charge in [-0.1, -0.05) is 0 Å². The lowest BCUT2D eigenvalue weighted by molar-refractivity contribution is -0.138. The molecular weight excluding hydrogens is 450 g/mol. The Morgan fingerprint density at radius 2 is 1.79 bits per heavy atom. The first-order valence-electron chi connectivity index (χ1n) is 10.1. The molecule has 1 aliphatic heterocycles. The van der Waals surface area contributed by atoms with Crippen LogP contribution in [0.5, 0.6) is 0 Å². The van der Waals surface area contributed by atoms with Gasteiger partial charge in [0, 0.05) is 37.2 Å². The van der Waals surface area contributed by atoms with Crippen molar-refractivity contribution in [1.82, 2.24) is 9.97 Å². The van der Waals surface area contributed by atoms with Crippen molar-refractivity contribution in [2.24, 2.45) is 5.73 Å². The number of amides is 2. The average molecular weight is 475 g/mol. The van der Waals surface area contributed by atoms with E-state index in [0.29, 0.717) is 25.1 Å². The number of carboxylic acid groups (broad SMARTS) is 2. The molecule has 0 bridgehead atoms. The predicted octanol–water partition coefficient (Wildman–Crippen LogP) is -0.354. The van der Waals surface area contributed by atoms with Crippen molar-refractivity contribution < 1.29 is 29.4 Å². The Balaban J connectivity index is 0.000000387. The van der Waals surface area contributed by atoms with E-state index in [1.54, 1.807) is 24.3 Å². The maximum Gasteiger partial charge on any atom is 0.303 e. The quantitative estimate of drug-likeness (QED) is 0.231. The molecule has 0 fully saturated rings. The molecule has 0 saturated carbocycles. The number of carbonyl (C=O) groups excluding carboxylic acids is 2. The van der Waals surface area contributed by atoms with E-state index in [1.165, 1.54) is 4.90 Å². The number of H-pyrrole nitrogens is 1. The van der Waals surface area contributed by atoms with Crippen molar-refractivity contribution in [3.8, 4) is 0 Å². The van der Waals surface area contributed by atoms with Gasteiger partial charge >= 0.3 is 11.9 Å². The molecule has 182 valence electrons. The molecule has 2 aromatic rings. The summed E-state index contributed by atoms with van der Waals surface area (Å²) >= 11 is 0. The number of fused-ring (bicyclic) bond motifs is 1. The minimum Gasteiger partial charge on any atom is -0.481 e. The number of carbonyl (C=O) groups is 4. The van der Waals surface area contributed by atoms with Crippen LogP contribution in [-0.2, 0) is 14.4 Å². The zero-order valence-electron chi connectivity index (χ0n) is 18.0. The number of anilines is 4. The molecule has 1 aromatic carbocycles. The predicted molar refractivity (Wildman–Crippen MR) is 123 cm³/mol. The van der Waals surface area contributed by atoms with Crippen LogP contribution in [0.3, 0.4) is 0 Å². The van der Waals surface area contributed by atoms with E-state index in [4.69, 9.17) is 21.7 Å². The molecule has 3 rings (SSSR count). The summed E-state index contributed by atoms with van der Waals surface area (Å²) in [5.74, 6) is -2.14. The van der Waals surface area contributed by atoms with Crippen LogP contribution in [0.1, 0.15) is 29.6 Å². The molecule has 2 amide bonds. The molecule has 1 aromatic heterocycles. The van der Waals surface area contributed by atoms with Gasteiger partial charge in [-0.05, 0) is 30.7 Å². The molecule has 34 heavy (non-hydrogen) atoms. The summed E-state index contributed by atoms with van der Waals surface area (Å²) in [7, 11) is 0. The standard InChI is InChI=1S/C15H17N7O3.C5H8O4/c16-12(24)8-1-3-9(4-2-8)18-5-10-6-19-13-11(22(10)7-23)14(25)21-15(17)20-13;6-4(7)2-1-3-5(8)9/h1-4,7,10,18H,5-6H2,(H2,16,24)(H4,17,19,20,21,25);1-3H2,(H,6,7)(H,8,9). The lowest BCUT2D eigenvalue weighted by Gasteiger charge is -2.34. The van der Waals surface area contributed by atoms with Gasteiger partial charge in [0.25, 0.3) is 5.56 Å². The molecule has 1 aliphatic rings. The van der Waals surface area contributed by atoms with Gasteiger partial charge in [-0.3, -0.25) is 29.0 Å². The Bertz CT molecular complexity index is 1090. The van der Waals surface area contributed by atoms with E-state index >= 15 is 0 Å². The molecule has 1 unspecified atom stereocenters. The third-order valence-electron chi connectivity index (χ3n) is 4.68. The minimum atomic E-state index is -0.948. The molecule has 0 aliphatic carbocycles. The topological polar surface area (TPSA) is 234 Å². The molecule has 1 atom stereocenters. The average Bonchev–Trinajstić information content (AvgIpc) is 2.77. The number of aromatic nitrogens is 2. The Hall–Kier alpha value is -4.62. The molecule has 0 saturated heterocycles. The summed E-state index contributed by atoms with van der Waals surface area (Å²) in [5.41, 5.74) is 11.5. The van der Waals surface area contributed by atoms with Gasteiger partial charge in [-0.2, -0.15) is 4.98 Å². The number of carboxylic acids is 2. The van der Waals surface area contributed by atoms with Crippen molar-refractivity contribution in [2.75, 3.05) is 34.4 Å².